The quantitative estimate of drug-likeness (QED) is 0.163. The number of halogens is 2. The number of likely N-dealkylation sites (tertiary alicyclic amines) is 1. The van der Waals surface area contributed by atoms with Gasteiger partial charge in [-0.15, -0.1) is 13.2 Å². The van der Waals surface area contributed by atoms with E-state index in [4.69, 9.17) is 21.1 Å². The number of aliphatic hydroxyl groups excluding tert-OH is 1. The summed E-state index contributed by atoms with van der Waals surface area (Å²) in [6.45, 7) is 11.9. The van der Waals surface area contributed by atoms with Gasteiger partial charge in [0, 0.05) is 23.6 Å². The number of aliphatic hydroxyl groups is 1. The lowest BCUT2D eigenvalue weighted by molar-refractivity contribution is -0.144. The highest BCUT2D eigenvalue weighted by Gasteiger charge is 2.77. The first-order valence-electron chi connectivity index (χ1n) is 16.8. The van der Waals surface area contributed by atoms with E-state index in [1.54, 1.807) is 47.4 Å². The van der Waals surface area contributed by atoms with Crippen molar-refractivity contribution in [3.8, 4) is 5.75 Å². The first-order valence-corrected chi connectivity index (χ1v) is 18.0. The van der Waals surface area contributed by atoms with Crippen LogP contribution in [0.25, 0.3) is 0 Å². The lowest BCUT2D eigenvalue weighted by Gasteiger charge is -2.40. The van der Waals surface area contributed by atoms with Gasteiger partial charge in [-0.3, -0.25) is 14.4 Å². The van der Waals surface area contributed by atoms with Gasteiger partial charge in [-0.1, -0.05) is 82.1 Å². The predicted molar refractivity (Wildman–Crippen MR) is 198 cm³/mol. The van der Waals surface area contributed by atoms with E-state index in [1.165, 1.54) is 9.80 Å². The molecule has 3 saturated heterocycles. The molecule has 9 nitrogen and oxygen atoms in total. The zero-order valence-corrected chi connectivity index (χ0v) is 30.4. The molecule has 6 rings (SSSR count). The highest BCUT2D eigenvalue weighted by molar-refractivity contribution is 9.09. The van der Waals surface area contributed by atoms with Crippen LogP contribution in [0, 0.1) is 18.8 Å². The largest absolute Gasteiger partial charge is 0.494 e. The molecule has 0 radical (unpaired) electrons. The molecule has 1 spiro atoms. The van der Waals surface area contributed by atoms with Gasteiger partial charge in [0.1, 0.15) is 17.4 Å². The Morgan fingerprint density at radius 3 is 2.36 bits per heavy atom. The van der Waals surface area contributed by atoms with Crippen LogP contribution in [0.3, 0.4) is 0 Å². The summed E-state index contributed by atoms with van der Waals surface area (Å²) < 4.78 is 12.5. The van der Waals surface area contributed by atoms with Crippen LogP contribution < -0.4 is 14.5 Å². The summed E-state index contributed by atoms with van der Waals surface area (Å²) in [6.07, 6.45) is 2.85. The van der Waals surface area contributed by atoms with Gasteiger partial charge in [0.05, 0.1) is 47.9 Å². The van der Waals surface area contributed by atoms with Crippen molar-refractivity contribution >= 4 is 56.6 Å². The zero-order chi connectivity index (χ0) is 35.7. The summed E-state index contributed by atoms with van der Waals surface area (Å²) in [6, 6.07) is 19.6. The number of nitrogens with zero attached hydrogens (tertiary/aromatic N) is 3. The number of rotatable bonds is 13. The van der Waals surface area contributed by atoms with Crippen molar-refractivity contribution in [1.29, 1.82) is 0 Å². The summed E-state index contributed by atoms with van der Waals surface area (Å²) in [5.74, 6) is -2.45. The third-order valence-electron chi connectivity index (χ3n) is 10.0. The lowest BCUT2D eigenvalue weighted by Crippen LogP contribution is -2.58. The average Bonchev–Trinajstić information content (AvgIpc) is 3.71. The molecule has 1 N–H and O–H groups in total. The molecule has 7 atom stereocenters. The second kappa shape index (κ2) is 14.7. The predicted octanol–water partition coefficient (Wildman–Crippen LogP) is 6.27. The van der Waals surface area contributed by atoms with Crippen molar-refractivity contribution in [1.82, 2.24) is 4.90 Å². The third kappa shape index (κ3) is 5.96. The zero-order valence-electron chi connectivity index (χ0n) is 28.1. The molecule has 0 aliphatic carbocycles. The summed E-state index contributed by atoms with van der Waals surface area (Å²) in [7, 11) is 0. The SMILES string of the molecule is C=CCN(C(=O)[C@H]1[C@H]2C(=O)N([C@H](CO)c3ccccc3)C(C(=O)N(CC=C)c3c(C)cccc3Cl)C23CC(Br)[C@@H]1O3)c1ccc(OCC)cc1. The van der Waals surface area contributed by atoms with Crippen LogP contribution in [0.15, 0.2) is 98.1 Å². The highest BCUT2D eigenvalue weighted by Crippen LogP contribution is 2.62. The molecule has 3 amide bonds. The molecule has 3 fully saturated rings. The lowest BCUT2D eigenvalue weighted by atomic mass is 9.70. The molecule has 3 heterocycles. The Bertz CT molecular complexity index is 1750. The van der Waals surface area contributed by atoms with Crippen LogP contribution in [-0.4, -0.2) is 76.6 Å². The molecule has 3 unspecified atom stereocenters. The van der Waals surface area contributed by atoms with Gasteiger partial charge in [0.15, 0.2) is 0 Å². The fraction of sp³-hybridized carbons (Fsp3) is 0.359. The highest BCUT2D eigenvalue weighted by atomic mass is 79.9. The van der Waals surface area contributed by atoms with E-state index in [9.17, 15) is 9.90 Å². The Hall–Kier alpha value is -3.96. The minimum Gasteiger partial charge on any atom is -0.494 e. The number of amides is 3. The van der Waals surface area contributed by atoms with E-state index in [0.29, 0.717) is 40.7 Å². The maximum absolute atomic E-state index is 15.2. The van der Waals surface area contributed by atoms with Crippen LogP contribution in [0.1, 0.15) is 30.5 Å². The van der Waals surface area contributed by atoms with Gasteiger partial charge in [-0.05, 0) is 61.7 Å². The van der Waals surface area contributed by atoms with Crippen LogP contribution in [0.4, 0.5) is 11.4 Å². The number of ether oxygens (including phenoxy) is 2. The molecule has 50 heavy (non-hydrogen) atoms. The number of benzene rings is 3. The van der Waals surface area contributed by atoms with Crippen molar-refractivity contribution in [2.24, 2.45) is 11.8 Å². The molecule has 3 aromatic rings. The normalized spacial score (nSPS) is 25.6. The van der Waals surface area contributed by atoms with Crippen molar-refractivity contribution in [3.05, 3.63) is 114 Å². The number of aryl methyl sites for hydroxylation is 1. The first kappa shape index (κ1) is 35.9. The van der Waals surface area contributed by atoms with Crippen LogP contribution in [0.5, 0.6) is 5.75 Å². The minimum atomic E-state index is -1.39. The molecule has 262 valence electrons. The van der Waals surface area contributed by atoms with Crippen molar-refractivity contribution < 1.29 is 29.0 Å². The number of carbonyl (C=O) groups is 3. The molecular formula is C39H41BrClN3O6. The molecule has 3 aromatic carbocycles. The Balaban J connectivity index is 1.49. The van der Waals surface area contributed by atoms with Crippen LogP contribution in [-0.2, 0) is 19.1 Å². The maximum atomic E-state index is 15.2. The number of anilines is 2. The minimum absolute atomic E-state index is 0.103. The van der Waals surface area contributed by atoms with E-state index in [1.807, 2.05) is 56.3 Å². The molecule has 0 aromatic heterocycles. The summed E-state index contributed by atoms with van der Waals surface area (Å²) in [5, 5.41) is 11.3. The summed E-state index contributed by atoms with van der Waals surface area (Å²) >= 11 is 10.5. The van der Waals surface area contributed by atoms with Gasteiger partial charge in [0.2, 0.25) is 11.8 Å². The van der Waals surface area contributed by atoms with E-state index in [2.05, 4.69) is 29.1 Å². The molecule has 11 heteroatoms. The fourth-order valence-electron chi connectivity index (χ4n) is 8.05. The maximum Gasteiger partial charge on any atom is 0.253 e. The molecule has 3 aliphatic heterocycles. The third-order valence-corrected chi connectivity index (χ3v) is 11.2. The van der Waals surface area contributed by atoms with E-state index < -0.39 is 54.0 Å². The number of carbonyl (C=O) groups excluding carboxylic acids is 3. The van der Waals surface area contributed by atoms with Crippen molar-refractivity contribution in [2.75, 3.05) is 36.1 Å². The van der Waals surface area contributed by atoms with Crippen LogP contribution >= 0.6 is 27.5 Å². The Labute approximate surface area is 306 Å². The topological polar surface area (TPSA) is 99.6 Å². The van der Waals surface area contributed by atoms with Gasteiger partial charge in [0.25, 0.3) is 5.91 Å². The van der Waals surface area contributed by atoms with Gasteiger partial charge in [-0.25, -0.2) is 0 Å². The monoisotopic (exact) mass is 761 g/mol. The number of hydrogen-bond acceptors (Lipinski definition) is 6. The number of alkyl halides is 1. The molecular weight excluding hydrogens is 722 g/mol. The van der Waals surface area contributed by atoms with Crippen molar-refractivity contribution in [3.63, 3.8) is 0 Å². The standard InChI is InChI=1S/C39H41BrClN3O6/c1-5-20-42(26-16-18-27(19-17-26)49-7-3)36(46)31-32-37(47)44(30(23-45)25-13-9-8-10-14-25)35(39(32)22-28(40)34(31)50-39)38(48)43(21-6-2)33-24(4)12-11-15-29(33)41/h5-6,8-19,28,30-32,34-35,45H,1-2,7,20-23H2,3-4H3/t28?,30-,31+,32+,34+,35?,39?/m1/s1. The van der Waals surface area contributed by atoms with E-state index >= 15 is 9.59 Å². The second-order valence-corrected chi connectivity index (χ2v) is 14.4. The first-order chi connectivity index (χ1) is 24.1. The molecule has 2 bridgehead atoms. The van der Waals surface area contributed by atoms with E-state index in [0.717, 1.165) is 5.56 Å². The number of para-hydroxylation sites is 1. The van der Waals surface area contributed by atoms with E-state index in [-0.39, 0.29) is 23.8 Å². The second-order valence-electron chi connectivity index (χ2n) is 12.8. The Morgan fingerprint density at radius 2 is 1.74 bits per heavy atom. The summed E-state index contributed by atoms with van der Waals surface area (Å²) in [4.78, 5) is 49.3. The molecule has 0 saturated carbocycles. The average molecular weight is 763 g/mol. The van der Waals surface area contributed by atoms with Gasteiger partial charge >= 0.3 is 0 Å². The van der Waals surface area contributed by atoms with Gasteiger partial charge < -0.3 is 29.3 Å². The Kier molecular flexibility index (Phi) is 10.6. The molecule has 3 aliphatic rings. The van der Waals surface area contributed by atoms with Crippen molar-refractivity contribution in [2.45, 2.75) is 48.9 Å². The smallest absolute Gasteiger partial charge is 0.253 e. The Morgan fingerprint density at radius 1 is 1.06 bits per heavy atom. The number of fused-ring (bicyclic) bond motifs is 1. The number of hydrogen-bond donors (Lipinski definition) is 1. The van der Waals surface area contributed by atoms with Crippen LogP contribution in [0.2, 0.25) is 5.02 Å². The van der Waals surface area contributed by atoms with Gasteiger partial charge in [-0.2, -0.15) is 0 Å². The summed E-state index contributed by atoms with van der Waals surface area (Å²) in [5.41, 5.74) is 1.13. The fourth-order valence-corrected chi connectivity index (χ4v) is 9.31.